The topological polar surface area (TPSA) is 84.4 Å². The maximum Gasteiger partial charge on any atom is 0.251 e. The number of nitrogens with one attached hydrogen (secondary N) is 1. The molecule has 2 rings (SSSR count). The summed E-state index contributed by atoms with van der Waals surface area (Å²) in [6, 6.07) is 5.20. The third-order valence-electron chi connectivity index (χ3n) is 3.29. The zero-order chi connectivity index (χ0) is 13.1. The summed E-state index contributed by atoms with van der Waals surface area (Å²) in [6.07, 6.45) is 1.97. The number of nitrogens with zero attached hydrogens (tertiary/aromatic N) is 1. The van der Waals surface area contributed by atoms with Crippen molar-refractivity contribution in [1.29, 1.82) is 0 Å². The summed E-state index contributed by atoms with van der Waals surface area (Å²) in [5.41, 5.74) is 12.9. The number of anilines is 2. The summed E-state index contributed by atoms with van der Waals surface area (Å²) in [5, 5.41) is 3.03. The zero-order valence-electron chi connectivity index (χ0n) is 10.6. The molecule has 1 aliphatic heterocycles. The Morgan fingerprint density at radius 2 is 1.78 bits per heavy atom. The molecule has 18 heavy (non-hydrogen) atoms. The number of nitrogen functional groups attached to an aromatic ring is 2. The van der Waals surface area contributed by atoms with Gasteiger partial charge >= 0.3 is 0 Å². The Morgan fingerprint density at radius 1 is 1.22 bits per heavy atom. The van der Waals surface area contributed by atoms with Gasteiger partial charge < -0.3 is 21.7 Å². The van der Waals surface area contributed by atoms with Crippen LogP contribution < -0.4 is 16.8 Å². The average Bonchev–Trinajstić information content (AvgIpc) is 2.31. The molecule has 5 heteroatoms. The number of hydrogen-bond acceptors (Lipinski definition) is 4. The van der Waals surface area contributed by atoms with E-state index in [0.717, 1.165) is 25.9 Å². The van der Waals surface area contributed by atoms with Crippen LogP contribution >= 0.6 is 0 Å². The van der Waals surface area contributed by atoms with Gasteiger partial charge in [0, 0.05) is 23.0 Å². The largest absolute Gasteiger partial charge is 0.399 e. The van der Waals surface area contributed by atoms with Crippen LogP contribution in [0.25, 0.3) is 0 Å². The molecule has 1 heterocycles. The molecule has 0 aromatic heterocycles. The molecule has 5 nitrogen and oxygen atoms in total. The molecule has 0 unspecified atom stereocenters. The lowest BCUT2D eigenvalue weighted by Crippen LogP contribution is -2.43. The van der Waals surface area contributed by atoms with Crippen molar-refractivity contribution < 1.29 is 4.79 Å². The van der Waals surface area contributed by atoms with Gasteiger partial charge in [-0.05, 0) is 51.2 Å². The fraction of sp³-hybridized carbons (Fsp3) is 0.462. The third-order valence-corrected chi connectivity index (χ3v) is 3.29. The predicted octanol–water partition coefficient (Wildman–Crippen LogP) is 0.675. The number of likely N-dealkylation sites (tertiary alicyclic amines) is 1. The minimum absolute atomic E-state index is 0.0939. The molecule has 1 amide bonds. The van der Waals surface area contributed by atoms with E-state index in [2.05, 4.69) is 17.3 Å². The highest BCUT2D eigenvalue weighted by molar-refractivity contribution is 5.96. The third kappa shape index (κ3) is 3.13. The van der Waals surface area contributed by atoms with Crippen molar-refractivity contribution in [1.82, 2.24) is 10.2 Å². The van der Waals surface area contributed by atoms with E-state index in [1.165, 1.54) is 0 Å². The van der Waals surface area contributed by atoms with Crippen molar-refractivity contribution in [2.24, 2.45) is 0 Å². The second-order valence-electron chi connectivity index (χ2n) is 4.94. The van der Waals surface area contributed by atoms with Gasteiger partial charge in [-0.25, -0.2) is 0 Å². The second kappa shape index (κ2) is 5.27. The lowest BCUT2D eigenvalue weighted by molar-refractivity contribution is 0.0917. The van der Waals surface area contributed by atoms with Crippen LogP contribution in [0.3, 0.4) is 0 Å². The van der Waals surface area contributed by atoms with E-state index in [1.54, 1.807) is 18.2 Å². The second-order valence-corrected chi connectivity index (χ2v) is 4.94. The average molecular weight is 248 g/mol. The Bertz CT molecular complexity index is 418. The molecule has 1 aliphatic rings. The van der Waals surface area contributed by atoms with Crippen LogP contribution in [-0.4, -0.2) is 37.0 Å². The van der Waals surface area contributed by atoms with Gasteiger partial charge in [-0.1, -0.05) is 0 Å². The molecule has 1 aromatic carbocycles. The fourth-order valence-corrected chi connectivity index (χ4v) is 2.23. The molecule has 0 radical (unpaired) electrons. The number of nitrogens with two attached hydrogens (primary N) is 2. The van der Waals surface area contributed by atoms with Gasteiger partial charge in [0.2, 0.25) is 0 Å². The van der Waals surface area contributed by atoms with Crippen LogP contribution in [0.1, 0.15) is 23.2 Å². The van der Waals surface area contributed by atoms with Crippen molar-refractivity contribution in [2.45, 2.75) is 18.9 Å². The van der Waals surface area contributed by atoms with Gasteiger partial charge in [0.05, 0.1) is 0 Å². The standard InChI is InChI=1S/C13H20N4O/c1-17-4-2-12(3-5-17)16-13(18)9-6-10(14)8-11(15)7-9/h6-8,12H,2-5,14-15H2,1H3,(H,16,18). The summed E-state index contributed by atoms with van der Waals surface area (Å²) < 4.78 is 0. The summed E-state index contributed by atoms with van der Waals surface area (Å²) in [5.74, 6) is -0.0939. The number of hydrogen-bond donors (Lipinski definition) is 3. The predicted molar refractivity (Wildman–Crippen MR) is 73.3 cm³/mol. The lowest BCUT2D eigenvalue weighted by atomic mass is 10.0. The molecule has 0 atom stereocenters. The first-order chi connectivity index (χ1) is 8.54. The van der Waals surface area contributed by atoms with Crippen LogP contribution in [0.4, 0.5) is 11.4 Å². The van der Waals surface area contributed by atoms with Crippen molar-refractivity contribution in [2.75, 3.05) is 31.6 Å². The maximum absolute atomic E-state index is 12.1. The molecule has 1 saturated heterocycles. The van der Waals surface area contributed by atoms with E-state index in [0.29, 0.717) is 16.9 Å². The molecule has 1 fully saturated rings. The van der Waals surface area contributed by atoms with Gasteiger partial charge in [0.1, 0.15) is 0 Å². The van der Waals surface area contributed by atoms with Gasteiger partial charge in [0.25, 0.3) is 5.91 Å². The number of carbonyl (C=O) groups is 1. The van der Waals surface area contributed by atoms with Crippen molar-refractivity contribution in [3.8, 4) is 0 Å². The highest BCUT2D eigenvalue weighted by Crippen LogP contribution is 2.15. The Morgan fingerprint density at radius 3 is 2.33 bits per heavy atom. The first kappa shape index (κ1) is 12.7. The first-order valence-electron chi connectivity index (χ1n) is 6.20. The van der Waals surface area contributed by atoms with Crippen LogP contribution in [0.15, 0.2) is 18.2 Å². The van der Waals surface area contributed by atoms with Gasteiger partial charge in [0.15, 0.2) is 0 Å². The molecule has 1 aromatic rings. The SMILES string of the molecule is CN1CCC(NC(=O)c2cc(N)cc(N)c2)CC1. The molecular formula is C13H20N4O. The van der Waals surface area contributed by atoms with E-state index < -0.39 is 0 Å². The van der Waals surface area contributed by atoms with E-state index in [4.69, 9.17) is 11.5 Å². The van der Waals surface area contributed by atoms with E-state index in [9.17, 15) is 4.79 Å². The lowest BCUT2D eigenvalue weighted by Gasteiger charge is -2.29. The Labute approximate surface area is 107 Å². The Balaban J connectivity index is 1.99. The number of piperidine rings is 1. The van der Waals surface area contributed by atoms with Crippen molar-refractivity contribution in [3.05, 3.63) is 23.8 Å². The van der Waals surface area contributed by atoms with Crippen molar-refractivity contribution >= 4 is 17.3 Å². The van der Waals surface area contributed by atoms with Gasteiger partial charge in [-0.15, -0.1) is 0 Å². The van der Waals surface area contributed by atoms with Crippen LogP contribution in [-0.2, 0) is 0 Å². The number of rotatable bonds is 2. The molecular weight excluding hydrogens is 228 g/mol. The monoisotopic (exact) mass is 248 g/mol. The van der Waals surface area contributed by atoms with Gasteiger partial charge in [-0.3, -0.25) is 4.79 Å². The highest BCUT2D eigenvalue weighted by Gasteiger charge is 2.19. The quantitative estimate of drug-likeness (QED) is 0.672. The minimum Gasteiger partial charge on any atom is -0.399 e. The van der Waals surface area contributed by atoms with E-state index >= 15 is 0 Å². The molecule has 0 saturated carbocycles. The van der Waals surface area contributed by atoms with E-state index in [-0.39, 0.29) is 11.9 Å². The minimum atomic E-state index is -0.0939. The smallest absolute Gasteiger partial charge is 0.251 e. The Kier molecular flexibility index (Phi) is 3.72. The summed E-state index contributed by atoms with van der Waals surface area (Å²) in [6.45, 7) is 2.04. The van der Waals surface area contributed by atoms with E-state index in [1.807, 2.05) is 0 Å². The first-order valence-corrected chi connectivity index (χ1v) is 6.20. The summed E-state index contributed by atoms with van der Waals surface area (Å²) in [7, 11) is 2.09. The molecule has 0 aliphatic carbocycles. The summed E-state index contributed by atoms with van der Waals surface area (Å²) >= 11 is 0. The maximum atomic E-state index is 12.1. The number of benzene rings is 1. The Hall–Kier alpha value is -1.75. The normalized spacial score (nSPS) is 17.6. The van der Waals surface area contributed by atoms with Crippen molar-refractivity contribution in [3.63, 3.8) is 0 Å². The molecule has 0 spiro atoms. The number of amides is 1. The number of carbonyl (C=O) groups excluding carboxylic acids is 1. The van der Waals surface area contributed by atoms with Crippen LogP contribution in [0, 0.1) is 0 Å². The van der Waals surface area contributed by atoms with Crippen LogP contribution in [0.2, 0.25) is 0 Å². The van der Waals surface area contributed by atoms with Gasteiger partial charge in [-0.2, -0.15) is 0 Å². The molecule has 5 N–H and O–H groups in total. The summed E-state index contributed by atoms with van der Waals surface area (Å²) in [4.78, 5) is 14.3. The van der Waals surface area contributed by atoms with Crippen LogP contribution in [0.5, 0.6) is 0 Å². The molecule has 98 valence electrons. The fourth-order valence-electron chi connectivity index (χ4n) is 2.23. The zero-order valence-corrected chi connectivity index (χ0v) is 10.6. The molecule has 0 bridgehead atoms. The highest BCUT2D eigenvalue weighted by atomic mass is 16.1.